The Morgan fingerprint density at radius 1 is 1.35 bits per heavy atom. The molecule has 1 aromatic heterocycles. The standard InChI is InChI=1S/C15H25N5O3/c1-9(2)13(15(22)23)12(14-16-18-19-17-14)8-11-4-6-20(7-5-11)10(3)21/h9,11-13H,4-8H2,1-3H3,(H,22,23)(H,16,17,18,19)/t12-,13-/m0/s1. The van der Waals surface area contributed by atoms with E-state index in [9.17, 15) is 14.7 Å². The molecule has 1 fully saturated rings. The molecular weight excluding hydrogens is 298 g/mol. The number of rotatable bonds is 6. The molecule has 1 aliphatic heterocycles. The van der Waals surface area contributed by atoms with Crippen molar-refractivity contribution < 1.29 is 14.7 Å². The third-order valence-electron chi connectivity index (χ3n) is 4.78. The predicted octanol–water partition coefficient (Wildman–Crippen LogP) is 1.29. The third-order valence-corrected chi connectivity index (χ3v) is 4.78. The minimum absolute atomic E-state index is 0.0201. The lowest BCUT2D eigenvalue weighted by Crippen LogP contribution is -2.38. The fourth-order valence-electron chi connectivity index (χ4n) is 3.50. The van der Waals surface area contributed by atoms with Crippen LogP contribution in [0.2, 0.25) is 0 Å². The second-order valence-corrected chi connectivity index (χ2v) is 6.67. The third kappa shape index (κ3) is 4.27. The molecule has 128 valence electrons. The molecule has 0 aliphatic carbocycles. The second-order valence-electron chi connectivity index (χ2n) is 6.67. The average Bonchev–Trinajstić information content (AvgIpc) is 3.00. The molecule has 23 heavy (non-hydrogen) atoms. The number of H-pyrrole nitrogens is 1. The van der Waals surface area contributed by atoms with Crippen molar-refractivity contribution in [3.63, 3.8) is 0 Å². The number of tetrazole rings is 1. The van der Waals surface area contributed by atoms with Gasteiger partial charge < -0.3 is 10.0 Å². The van der Waals surface area contributed by atoms with Crippen LogP contribution in [0.5, 0.6) is 0 Å². The Kier molecular flexibility index (Phi) is 5.68. The van der Waals surface area contributed by atoms with Crippen LogP contribution in [0.15, 0.2) is 0 Å². The molecule has 1 amide bonds. The first-order chi connectivity index (χ1) is 10.9. The molecule has 0 radical (unpaired) electrons. The number of hydrogen-bond donors (Lipinski definition) is 2. The maximum Gasteiger partial charge on any atom is 0.307 e. The van der Waals surface area contributed by atoms with Gasteiger partial charge in [-0.2, -0.15) is 5.21 Å². The summed E-state index contributed by atoms with van der Waals surface area (Å²) in [6, 6.07) is 0. The van der Waals surface area contributed by atoms with E-state index in [0.29, 0.717) is 18.2 Å². The first-order valence-corrected chi connectivity index (χ1v) is 8.11. The quantitative estimate of drug-likeness (QED) is 0.816. The molecule has 2 rings (SSSR count). The summed E-state index contributed by atoms with van der Waals surface area (Å²) in [4.78, 5) is 25.0. The highest BCUT2D eigenvalue weighted by Crippen LogP contribution is 2.36. The number of aromatic nitrogens is 4. The summed E-state index contributed by atoms with van der Waals surface area (Å²) in [5.74, 6) is -0.707. The van der Waals surface area contributed by atoms with E-state index in [1.165, 1.54) is 0 Å². The molecule has 1 saturated heterocycles. The van der Waals surface area contributed by atoms with Crippen molar-refractivity contribution in [2.45, 2.75) is 46.0 Å². The Bertz CT molecular complexity index is 523. The van der Waals surface area contributed by atoms with Crippen LogP contribution in [0.25, 0.3) is 0 Å². The number of nitrogens with one attached hydrogen (secondary N) is 1. The van der Waals surface area contributed by atoms with E-state index in [0.717, 1.165) is 25.9 Å². The van der Waals surface area contributed by atoms with Crippen LogP contribution in [-0.4, -0.2) is 55.6 Å². The molecule has 2 N–H and O–H groups in total. The SMILES string of the molecule is CC(=O)N1CCC(C[C@H](c2nn[nH]n2)[C@@H](C(=O)O)C(C)C)CC1. The van der Waals surface area contributed by atoms with Crippen LogP contribution in [0.1, 0.15) is 51.8 Å². The van der Waals surface area contributed by atoms with E-state index in [4.69, 9.17) is 0 Å². The summed E-state index contributed by atoms with van der Waals surface area (Å²) < 4.78 is 0. The van der Waals surface area contributed by atoms with E-state index in [1.807, 2.05) is 18.7 Å². The van der Waals surface area contributed by atoms with E-state index in [2.05, 4.69) is 20.6 Å². The number of likely N-dealkylation sites (tertiary alicyclic amines) is 1. The first kappa shape index (κ1) is 17.4. The van der Waals surface area contributed by atoms with Gasteiger partial charge in [0.1, 0.15) is 0 Å². The van der Waals surface area contributed by atoms with Gasteiger partial charge in [-0.15, -0.1) is 10.2 Å². The first-order valence-electron chi connectivity index (χ1n) is 8.11. The van der Waals surface area contributed by atoms with Gasteiger partial charge in [-0.1, -0.05) is 19.1 Å². The van der Waals surface area contributed by atoms with Gasteiger partial charge in [0.05, 0.1) is 5.92 Å². The van der Waals surface area contributed by atoms with Crippen molar-refractivity contribution >= 4 is 11.9 Å². The van der Waals surface area contributed by atoms with Gasteiger partial charge in [-0.25, -0.2) is 0 Å². The van der Waals surface area contributed by atoms with Crippen LogP contribution < -0.4 is 0 Å². The molecule has 8 heteroatoms. The van der Waals surface area contributed by atoms with Crippen LogP contribution >= 0.6 is 0 Å². The van der Waals surface area contributed by atoms with Gasteiger partial charge in [0.15, 0.2) is 5.82 Å². The molecule has 0 bridgehead atoms. The van der Waals surface area contributed by atoms with Gasteiger partial charge >= 0.3 is 5.97 Å². The maximum atomic E-state index is 11.7. The Hall–Kier alpha value is -1.99. The van der Waals surface area contributed by atoms with Gasteiger partial charge in [0.2, 0.25) is 5.91 Å². The van der Waals surface area contributed by atoms with Gasteiger partial charge in [0.25, 0.3) is 0 Å². The number of carboxylic acid groups (broad SMARTS) is 1. The topological polar surface area (TPSA) is 112 Å². The van der Waals surface area contributed by atoms with E-state index in [-0.39, 0.29) is 17.7 Å². The van der Waals surface area contributed by atoms with E-state index < -0.39 is 11.9 Å². The minimum Gasteiger partial charge on any atom is -0.481 e. The molecule has 0 unspecified atom stereocenters. The zero-order chi connectivity index (χ0) is 17.0. The van der Waals surface area contributed by atoms with Gasteiger partial charge in [-0.3, -0.25) is 9.59 Å². The van der Waals surface area contributed by atoms with Crippen molar-refractivity contribution in [3.8, 4) is 0 Å². The summed E-state index contributed by atoms with van der Waals surface area (Å²) in [6.07, 6.45) is 2.48. The van der Waals surface area contributed by atoms with Crippen LogP contribution in [0.3, 0.4) is 0 Å². The zero-order valence-electron chi connectivity index (χ0n) is 13.9. The molecule has 1 aliphatic rings. The number of aromatic amines is 1. The Morgan fingerprint density at radius 3 is 2.43 bits per heavy atom. The number of carbonyl (C=O) groups excluding carboxylic acids is 1. The maximum absolute atomic E-state index is 11.7. The lowest BCUT2D eigenvalue weighted by molar-refractivity contribution is -0.144. The van der Waals surface area contributed by atoms with Crippen molar-refractivity contribution in [2.24, 2.45) is 17.8 Å². The van der Waals surface area contributed by atoms with Crippen LogP contribution in [0, 0.1) is 17.8 Å². The highest BCUT2D eigenvalue weighted by Gasteiger charge is 2.37. The Balaban J connectivity index is 2.10. The molecule has 8 nitrogen and oxygen atoms in total. The monoisotopic (exact) mass is 323 g/mol. The second kappa shape index (κ2) is 7.52. The number of piperidine rings is 1. The fraction of sp³-hybridized carbons (Fsp3) is 0.800. The molecule has 0 spiro atoms. The van der Waals surface area contributed by atoms with Gasteiger partial charge in [0, 0.05) is 25.9 Å². The molecule has 2 atom stereocenters. The summed E-state index contributed by atoms with van der Waals surface area (Å²) in [5, 5.41) is 23.7. The molecule has 0 aromatic carbocycles. The Labute approximate surface area is 135 Å². The lowest BCUT2D eigenvalue weighted by atomic mass is 9.76. The smallest absolute Gasteiger partial charge is 0.307 e. The minimum atomic E-state index is -0.823. The molecular formula is C15H25N5O3. The van der Waals surface area contributed by atoms with E-state index >= 15 is 0 Å². The normalized spacial score (nSPS) is 18.9. The number of hydrogen-bond acceptors (Lipinski definition) is 5. The van der Waals surface area contributed by atoms with Crippen LogP contribution in [-0.2, 0) is 9.59 Å². The number of nitrogens with zero attached hydrogens (tertiary/aromatic N) is 4. The van der Waals surface area contributed by atoms with Crippen LogP contribution in [0.4, 0.5) is 0 Å². The molecule has 2 heterocycles. The predicted molar refractivity (Wildman–Crippen MR) is 82.5 cm³/mol. The number of aliphatic carboxylic acids is 1. The molecule has 0 saturated carbocycles. The van der Waals surface area contributed by atoms with Crippen molar-refractivity contribution in [1.29, 1.82) is 0 Å². The number of carboxylic acids is 1. The largest absolute Gasteiger partial charge is 0.481 e. The van der Waals surface area contributed by atoms with Gasteiger partial charge in [-0.05, 0) is 31.1 Å². The summed E-state index contributed by atoms with van der Waals surface area (Å²) in [5.41, 5.74) is 0. The Morgan fingerprint density at radius 2 is 2.00 bits per heavy atom. The zero-order valence-corrected chi connectivity index (χ0v) is 13.9. The summed E-state index contributed by atoms with van der Waals surface area (Å²) in [6.45, 7) is 6.87. The highest BCUT2D eigenvalue weighted by atomic mass is 16.4. The molecule has 1 aromatic rings. The lowest BCUT2D eigenvalue weighted by Gasteiger charge is -2.34. The van der Waals surface area contributed by atoms with Crippen molar-refractivity contribution in [1.82, 2.24) is 25.5 Å². The van der Waals surface area contributed by atoms with E-state index in [1.54, 1.807) is 6.92 Å². The summed E-state index contributed by atoms with van der Waals surface area (Å²) in [7, 11) is 0. The average molecular weight is 323 g/mol. The fourth-order valence-corrected chi connectivity index (χ4v) is 3.50. The van der Waals surface area contributed by atoms with Crippen molar-refractivity contribution in [2.75, 3.05) is 13.1 Å². The highest BCUT2D eigenvalue weighted by molar-refractivity contribution is 5.73. The number of carbonyl (C=O) groups is 2. The van der Waals surface area contributed by atoms with Crippen molar-refractivity contribution in [3.05, 3.63) is 5.82 Å². The summed E-state index contributed by atoms with van der Waals surface area (Å²) >= 11 is 0. The number of amides is 1.